The molecule has 0 atom stereocenters. The number of imidazole rings is 1. The molecule has 0 saturated carbocycles. The fraction of sp³-hybridized carbons (Fsp3) is 0.250. The number of fused-ring (bicyclic) bond motifs is 1. The second-order valence-electron chi connectivity index (χ2n) is 5.33. The van der Waals surface area contributed by atoms with Gasteiger partial charge in [0.2, 0.25) is 10.0 Å². The summed E-state index contributed by atoms with van der Waals surface area (Å²) in [6, 6.07) is 7.12. The highest BCUT2D eigenvalue weighted by atomic mass is 32.2. The van der Waals surface area contributed by atoms with Gasteiger partial charge >= 0.3 is 0 Å². The van der Waals surface area contributed by atoms with Gasteiger partial charge in [0.25, 0.3) is 0 Å². The summed E-state index contributed by atoms with van der Waals surface area (Å²) in [5.41, 5.74) is 3.29. The zero-order valence-electron chi connectivity index (χ0n) is 13.1. The van der Waals surface area contributed by atoms with Crippen LogP contribution in [0.15, 0.2) is 36.8 Å². The summed E-state index contributed by atoms with van der Waals surface area (Å²) in [5, 5.41) is 0. The van der Waals surface area contributed by atoms with Crippen LogP contribution in [0.3, 0.4) is 0 Å². The maximum atomic E-state index is 12.8. The molecule has 0 N–H and O–H groups in total. The molecule has 2 heterocycles. The van der Waals surface area contributed by atoms with Gasteiger partial charge in [0.1, 0.15) is 17.8 Å². The van der Waals surface area contributed by atoms with Gasteiger partial charge in [-0.05, 0) is 26.0 Å². The molecular formula is C16H17N3O3S. The number of hydrogen-bond donors (Lipinski definition) is 0. The quantitative estimate of drug-likeness (QED) is 0.734. The lowest BCUT2D eigenvalue weighted by atomic mass is 10.1. The first-order valence-corrected chi connectivity index (χ1v) is 8.69. The van der Waals surface area contributed by atoms with Gasteiger partial charge in [-0.25, -0.2) is 17.4 Å². The Labute approximate surface area is 134 Å². The number of pyridine rings is 1. The minimum Gasteiger partial charge on any atom is -0.496 e. The SMILES string of the molecule is COc1c(C)cnc(CS(=O)(=O)n2cnc3ccccc32)c1C. The Morgan fingerprint density at radius 3 is 2.65 bits per heavy atom. The molecule has 1 aromatic carbocycles. The van der Waals surface area contributed by atoms with E-state index in [9.17, 15) is 8.42 Å². The first-order valence-electron chi connectivity index (χ1n) is 7.08. The molecule has 3 rings (SSSR count). The van der Waals surface area contributed by atoms with Crippen LogP contribution in [0.1, 0.15) is 16.8 Å². The predicted octanol–water partition coefficient (Wildman–Crippen LogP) is 2.43. The number of nitrogens with zero attached hydrogens (tertiary/aromatic N) is 3. The summed E-state index contributed by atoms with van der Waals surface area (Å²) in [5.74, 6) is 0.455. The van der Waals surface area contributed by atoms with Crippen molar-refractivity contribution in [2.75, 3.05) is 7.11 Å². The van der Waals surface area contributed by atoms with Crippen LogP contribution in [0.25, 0.3) is 11.0 Å². The number of hydrogen-bond acceptors (Lipinski definition) is 5. The average molecular weight is 331 g/mol. The standard InChI is InChI=1S/C16H17N3O3S/c1-11-8-17-14(12(2)16(11)22-3)9-23(20,21)19-10-18-13-6-4-5-7-15(13)19/h4-8,10H,9H2,1-3H3. The molecule has 7 heteroatoms. The first-order chi connectivity index (χ1) is 10.9. The lowest BCUT2D eigenvalue weighted by Crippen LogP contribution is -2.16. The normalized spacial score (nSPS) is 11.8. The average Bonchev–Trinajstić information content (AvgIpc) is 2.95. The fourth-order valence-corrected chi connectivity index (χ4v) is 4.04. The molecule has 0 aliphatic rings. The van der Waals surface area contributed by atoms with Crippen LogP contribution < -0.4 is 4.74 Å². The lowest BCUT2D eigenvalue weighted by molar-refractivity contribution is 0.407. The van der Waals surface area contributed by atoms with Crippen LogP contribution >= 0.6 is 0 Å². The molecule has 23 heavy (non-hydrogen) atoms. The monoisotopic (exact) mass is 331 g/mol. The Morgan fingerprint density at radius 1 is 1.17 bits per heavy atom. The Kier molecular flexibility index (Phi) is 3.81. The summed E-state index contributed by atoms with van der Waals surface area (Å²) < 4.78 is 32.1. The Bertz CT molecular complexity index is 977. The molecule has 0 saturated heterocycles. The van der Waals surface area contributed by atoms with Crippen molar-refractivity contribution in [2.45, 2.75) is 19.6 Å². The van der Waals surface area contributed by atoms with Gasteiger partial charge < -0.3 is 4.74 Å². The third-order valence-electron chi connectivity index (χ3n) is 3.79. The third kappa shape index (κ3) is 2.68. The summed E-state index contributed by atoms with van der Waals surface area (Å²) in [7, 11) is -2.05. The zero-order valence-corrected chi connectivity index (χ0v) is 14.0. The highest BCUT2D eigenvalue weighted by Crippen LogP contribution is 2.26. The van der Waals surface area contributed by atoms with Crippen molar-refractivity contribution in [1.29, 1.82) is 0 Å². The molecule has 2 aromatic heterocycles. The highest BCUT2D eigenvalue weighted by Gasteiger charge is 2.21. The van der Waals surface area contributed by atoms with Gasteiger partial charge in [0.15, 0.2) is 0 Å². The number of ether oxygens (including phenoxy) is 1. The van der Waals surface area contributed by atoms with Crippen LogP contribution in [0, 0.1) is 13.8 Å². The molecule has 0 fully saturated rings. The maximum absolute atomic E-state index is 12.8. The second-order valence-corrected chi connectivity index (χ2v) is 7.18. The maximum Gasteiger partial charge on any atom is 0.246 e. The van der Waals surface area contributed by atoms with Gasteiger partial charge in [-0.2, -0.15) is 0 Å². The van der Waals surface area contributed by atoms with Crippen molar-refractivity contribution in [3.63, 3.8) is 0 Å². The van der Waals surface area contributed by atoms with Crippen LogP contribution in [-0.2, 0) is 15.8 Å². The highest BCUT2D eigenvalue weighted by molar-refractivity contribution is 7.89. The molecule has 0 amide bonds. The van der Waals surface area contributed by atoms with Gasteiger partial charge in [-0.3, -0.25) is 4.98 Å². The number of methoxy groups -OCH3 is 1. The van der Waals surface area contributed by atoms with E-state index in [0.717, 1.165) is 11.1 Å². The predicted molar refractivity (Wildman–Crippen MR) is 88.0 cm³/mol. The van der Waals surface area contributed by atoms with E-state index in [1.165, 1.54) is 10.3 Å². The van der Waals surface area contributed by atoms with E-state index in [0.29, 0.717) is 22.5 Å². The first kappa shape index (κ1) is 15.5. The number of aryl methyl sites for hydroxylation is 1. The molecule has 0 radical (unpaired) electrons. The fourth-order valence-electron chi connectivity index (χ4n) is 2.62. The summed E-state index contributed by atoms with van der Waals surface area (Å²) in [6.45, 7) is 3.69. The second kappa shape index (κ2) is 5.66. The van der Waals surface area contributed by atoms with Crippen LogP contribution in [0.4, 0.5) is 0 Å². The Balaban J connectivity index is 2.06. The third-order valence-corrected chi connectivity index (χ3v) is 5.32. The van der Waals surface area contributed by atoms with E-state index < -0.39 is 10.0 Å². The van der Waals surface area contributed by atoms with Gasteiger partial charge in [-0.1, -0.05) is 12.1 Å². The van der Waals surface area contributed by atoms with E-state index in [4.69, 9.17) is 4.74 Å². The van der Waals surface area contributed by atoms with Gasteiger partial charge in [0.05, 0.1) is 23.8 Å². The zero-order chi connectivity index (χ0) is 16.6. The van der Waals surface area contributed by atoms with Gasteiger partial charge in [-0.15, -0.1) is 0 Å². The van der Waals surface area contributed by atoms with Crippen molar-refractivity contribution in [2.24, 2.45) is 0 Å². The Hall–Kier alpha value is -2.41. The minimum absolute atomic E-state index is 0.212. The lowest BCUT2D eigenvalue weighted by Gasteiger charge is -2.13. The van der Waals surface area contributed by atoms with E-state index in [2.05, 4.69) is 9.97 Å². The van der Waals surface area contributed by atoms with Crippen molar-refractivity contribution in [3.05, 3.63) is 53.6 Å². The van der Waals surface area contributed by atoms with Crippen molar-refractivity contribution in [3.8, 4) is 5.75 Å². The van der Waals surface area contributed by atoms with Crippen LogP contribution in [0.2, 0.25) is 0 Å². The van der Waals surface area contributed by atoms with E-state index in [1.54, 1.807) is 31.5 Å². The Morgan fingerprint density at radius 2 is 1.91 bits per heavy atom. The minimum atomic E-state index is -3.62. The van der Waals surface area contributed by atoms with Crippen molar-refractivity contribution < 1.29 is 13.2 Å². The molecular weight excluding hydrogens is 314 g/mol. The molecule has 0 bridgehead atoms. The number of aromatic nitrogens is 3. The molecule has 0 spiro atoms. The smallest absolute Gasteiger partial charge is 0.246 e. The van der Waals surface area contributed by atoms with Crippen LogP contribution in [0.5, 0.6) is 5.75 Å². The summed E-state index contributed by atoms with van der Waals surface area (Å²) in [6.07, 6.45) is 2.96. The largest absolute Gasteiger partial charge is 0.496 e. The summed E-state index contributed by atoms with van der Waals surface area (Å²) >= 11 is 0. The summed E-state index contributed by atoms with van der Waals surface area (Å²) in [4.78, 5) is 8.40. The van der Waals surface area contributed by atoms with Crippen molar-refractivity contribution in [1.82, 2.24) is 13.9 Å². The molecule has 0 unspecified atom stereocenters. The topological polar surface area (TPSA) is 74.1 Å². The molecule has 6 nitrogen and oxygen atoms in total. The van der Waals surface area contributed by atoms with E-state index >= 15 is 0 Å². The number of para-hydroxylation sites is 2. The number of benzene rings is 1. The van der Waals surface area contributed by atoms with Crippen LogP contribution in [-0.4, -0.2) is 29.5 Å². The number of rotatable bonds is 4. The molecule has 0 aliphatic carbocycles. The van der Waals surface area contributed by atoms with Crippen molar-refractivity contribution >= 4 is 21.1 Å². The van der Waals surface area contributed by atoms with Gasteiger partial charge in [0, 0.05) is 17.3 Å². The molecule has 120 valence electrons. The van der Waals surface area contributed by atoms with E-state index in [1.807, 2.05) is 19.9 Å². The molecule has 3 aromatic rings. The van der Waals surface area contributed by atoms with E-state index in [-0.39, 0.29) is 5.75 Å². The molecule has 0 aliphatic heterocycles.